The van der Waals surface area contributed by atoms with Gasteiger partial charge in [0, 0.05) is 6.42 Å². The van der Waals surface area contributed by atoms with Crippen LogP contribution in [0.5, 0.6) is 0 Å². The Morgan fingerprint density at radius 2 is 0.882 bits per heavy atom. The van der Waals surface area contributed by atoms with Crippen LogP contribution in [0.2, 0.25) is 0 Å². The van der Waals surface area contributed by atoms with Crippen LogP contribution in [0.1, 0.15) is 296 Å². The lowest BCUT2D eigenvalue weighted by Crippen LogP contribution is -2.46. The van der Waals surface area contributed by atoms with Gasteiger partial charge in [0.25, 0.3) is 0 Å². The number of rotatable bonds is 55. The van der Waals surface area contributed by atoms with Crippen LogP contribution in [0.15, 0.2) is 24.3 Å². The molecule has 0 bridgehead atoms. The fourth-order valence-corrected chi connectivity index (χ4v) is 9.82. The molecule has 3 N–H and O–H groups in total. The minimum absolute atomic E-state index is 0.0765. The number of hydrogen-bond acceptors (Lipinski definition) is 5. The topological polar surface area (TPSA) is 105 Å². The number of carbonyl (C=O) groups is 1. The fraction of sp³-hybridized carbons (Fsp3) is 0.915. The molecule has 0 aliphatic heterocycles. The van der Waals surface area contributed by atoms with E-state index in [4.69, 9.17) is 9.05 Å². The summed E-state index contributed by atoms with van der Waals surface area (Å²) in [6, 6.07) is -0.760. The number of aliphatic hydroxyl groups is 1. The lowest BCUT2D eigenvalue weighted by molar-refractivity contribution is -0.870. The molecule has 0 radical (unpaired) electrons. The van der Waals surface area contributed by atoms with Crippen molar-refractivity contribution in [2.24, 2.45) is 0 Å². The maximum absolute atomic E-state index is 13.0. The molecule has 0 aromatic carbocycles. The molecule has 68 heavy (non-hydrogen) atoms. The zero-order chi connectivity index (χ0) is 49.9. The molecule has 0 saturated heterocycles. The minimum Gasteiger partial charge on any atom is -0.391 e. The average Bonchev–Trinajstić information content (AvgIpc) is 3.30. The van der Waals surface area contributed by atoms with Crippen molar-refractivity contribution < 1.29 is 32.9 Å². The van der Waals surface area contributed by atoms with Crippen LogP contribution in [0.25, 0.3) is 0 Å². The van der Waals surface area contributed by atoms with Crippen molar-refractivity contribution in [3.8, 4) is 0 Å². The molecule has 9 heteroatoms. The van der Waals surface area contributed by atoms with Gasteiger partial charge in [0.1, 0.15) is 13.2 Å². The van der Waals surface area contributed by atoms with Gasteiger partial charge in [0.2, 0.25) is 5.91 Å². The van der Waals surface area contributed by atoms with Crippen molar-refractivity contribution in [2.45, 2.75) is 309 Å². The quantitative estimate of drug-likeness (QED) is 0.0243. The van der Waals surface area contributed by atoms with E-state index >= 15 is 0 Å². The predicted molar refractivity (Wildman–Crippen MR) is 295 cm³/mol. The molecule has 0 aliphatic rings. The van der Waals surface area contributed by atoms with Crippen molar-refractivity contribution in [3.63, 3.8) is 0 Å². The average molecular weight is 983 g/mol. The summed E-state index contributed by atoms with van der Waals surface area (Å²) in [5.41, 5.74) is 0. The Morgan fingerprint density at radius 1 is 0.515 bits per heavy atom. The molecule has 3 atom stereocenters. The first-order chi connectivity index (χ1) is 33.0. The molecule has 3 unspecified atom stereocenters. The van der Waals surface area contributed by atoms with E-state index in [1.807, 2.05) is 21.1 Å². The van der Waals surface area contributed by atoms with Gasteiger partial charge in [-0.25, -0.2) is 4.57 Å². The molecule has 0 aliphatic carbocycles. The summed E-state index contributed by atoms with van der Waals surface area (Å²) >= 11 is 0. The highest BCUT2D eigenvalue weighted by Gasteiger charge is 2.28. The van der Waals surface area contributed by atoms with Gasteiger partial charge in [-0.05, 0) is 38.5 Å². The standard InChI is InChI=1S/C59H117N2O6P/c1-6-8-10-12-14-16-18-20-22-24-26-28-29-30-31-33-34-36-38-40-42-44-46-48-50-52-58(62)57(56-67-68(64,65)66-55-54-61(3,4)5)60-59(63)53-51-49-47-45-43-41-39-37-35-32-27-25-23-21-19-17-15-13-11-9-7-2/h9,11,15,17,57-58,62H,6-8,10,12-14,16,18-56H2,1-5H3,(H-,60,63,64,65)/p+1/b11-9-,17-15-. The van der Waals surface area contributed by atoms with Crippen molar-refractivity contribution in [3.05, 3.63) is 24.3 Å². The monoisotopic (exact) mass is 982 g/mol. The molecular weight excluding hydrogens is 864 g/mol. The van der Waals surface area contributed by atoms with Crippen molar-refractivity contribution in [1.29, 1.82) is 0 Å². The number of nitrogens with one attached hydrogen (secondary N) is 1. The van der Waals surface area contributed by atoms with Crippen LogP contribution in [0.4, 0.5) is 0 Å². The van der Waals surface area contributed by atoms with Crippen LogP contribution in [-0.4, -0.2) is 73.4 Å². The number of quaternary nitrogens is 1. The van der Waals surface area contributed by atoms with E-state index in [1.54, 1.807) is 0 Å². The number of allylic oxidation sites excluding steroid dienone is 4. The molecule has 0 aromatic heterocycles. The van der Waals surface area contributed by atoms with Crippen LogP contribution < -0.4 is 5.32 Å². The molecule has 1 amide bonds. The largest absolute Gasteiger partial charge is 0.472 e. The van der Waals surface area contributed by atoms with Gasteiger partial charge < -0.3 is 19.8 Å². The Bertz CT molecular complexity index is 1160. The Kier molecular flexibility index (Phi) is 50.1. The maximum Gasteiger partial charge on any atom is 0.472 e. The van der Waals surface area contributed by atoms with Gasteiger partial charge in [0.15, 0.2) is 0 Å². The van der Waals surface area contributed by atoms with Crippen molar-refractivity contribution >= 4 is 13.7 Å². The van der Waals surface area contributed by atoms with E-state index in [2.05, 4.69) is 43.5 Å². The Labute approximate surface area is 424 Å². The summed E-state index contributed by atoms with van der Waals surface area (Å²) in [5.74, 6) is -0.140. The normalized spacial score (nSPS) is 14.0. The van der Waals surface area contributed by atoms with Gasteiger partial charge in [0.05, 0.1) is 39.9 Å². The van der Waals surface area contributed by atoms with E-state index in [1.165, 1.54) is 218 Å². The van der Waals surface area contributed by atoms with E-state index in [-0.39, 0.29) is 19.1 Å². The van der Waals surface area contributed by atoms with Crippen LogP contribution >= 0.6 is 7.82 Å². The third kappa shape index (κ3) is 52.8. The number of phosphoric ester groups is 1. The zero-order valence-corrected chi connectivity index (χ0v) is 47.0. The highest BCUT2D eigenvalue weighted by atomic mass is 31.2. The molecular formula is C59H118N2O6P+. The summed E-state index contributed by atoms with van der Waals surface area (Å²) < 4.78 is 23.8. The fourth-order valence-electron chi connectivity index (χ4n) is 9.09. The Balaban J connectivity index is 4.11. The molecule has 0 spiro atoms. The van der Waals surface area contributed by atoms with E-state index in [9.17, 15) is 19.4 Å². The first-order valence-corrected chi connectivity index (χ1v) is 31.2. The van der Waals surface area contributed by atoms with Crippen LogP contribution in [0.3, 0.4) is 0 Å². The number of nitrogens with zero attached hydrogens (tertiary/aromatic N) is 1. The van der Waals surface area contributed by atoms with Crippen molar-refractivity contribution in [2.75, 3.05) is 40.9 Å². The minimum atomic E-state index is -4.32. The summed E-state index contributed by atoms with van der Waals surface area (Å²) in [7, 11) is 1.63. The third-order valence-corrected chi connectivity index (χ3v) is 14.7. The van der Waals surface area contributed by atoms with Gasteiger partial charge in [-0.2, -0.15) is 0 Å². The second kappa shape index (κ2) is 50.9. The SMILES string of the molecule is CC/C=C\C/C=C\CCCCCCCCCCCCCCCCC(=O)NC(COP(=O)(O)OCC[N+](C)(C)C)C(O)CCCCCCCCCCCCCCCCCCCCCCCCCCC. The maximum atomic E-state index is 13.0. The van der Waals surface area contributed by atoms with E-state index in [0.717, 1.165) is 51.4 Å². The third-order valence-electron chi connectivity index (χ3n) is 13.7. The number of likely N-dealkylation sites (N-methyl/N-ethyl adjacent to an activating group) is 1. The second-order valence-electron chi connectivity index (χ2n) is 21.7. The molecule has 0 saturated carbocycles. The summed E-state index contributed by atoms with van der Waals surface area (Å²) in [6.45, 7) is 4.83. The van der Waals surface area contributed by atoms with Crippen LogP contribution in [0, 0.1) is 0 Å². The molecule has 8 nitrogen and oxygen atoms in total. The summed E-state index contributed by atoms with van der Waals surface area (Å²) in [6.07, 6.45) is 63.8. The zero-order valence-electron chi connectivity index (χ0n) is 46.1. The molecule has 0 rings (SSSR count). The number of carbonyl (C=O) groups excluding carboxylic acids is 1. The Morgan fingerprint density at radius 3 is 1.28 bits per heavy atom. The summed E-state index contributed by atoms with van der Waals surface area (Å²) in [5, 5.41) is 14.1. The van der Waals surface area contributed by atoms with E-state index in [0.29, 0.717) is 23.9 Å². The highest BCUT2D eigenvalue weighted by molar-refractivity contribution is 7.47. The lowest BCUT2D eigenvalue weighted by Gasteiger charge is -2.26. The van der Waals surface area contributed by atoms with Crippen LogP contribution in [-0.2, 0) is 18.4 Å². The second-order valence-corrected chi connectivity index (χ2v) is 23.2. The molecule has 0 heterocycles. The molecule has 0 aromatic rings. The van der Waals surface area contributed by atoms with Crippen molar-refractivity contribution in [1.82, 2.24) is 5.32 Å². The highest BCUT2D eigenvalue weighted by Crippen LogP contribution is 2.43. The van der Waals surface area contributed by atoms with Gasteiger partial charge >= 0.3 is 7.82 Å². The number of hydrogen-bond donors (Lipinski definition) is 3. The number of phosphoric acid groups is 1. The first kappa shape index (κ1) is 67.0. The van der Waals surface area contributed by atoms with E-state index < -0.39 is 20.0 Å². The predicted octanol–water partition coefficient (Wildman–Crippen LogP) is 18.0. The van der Waals surface area contributed by atoms with Gasteiger partial charge in [-0.1, -0.05) is 276 Å². The molecule has 404 valence electrons. The smallest absolute Gasteiger partial charge is 0.391 e. The Hall–Kier alpha value is -1.02. The number of amides is 1. The van der Waals surface area contributed by atoms with Gasteiger partial charge in [-0.15, -0.1) is 0 Å². The van der Waals surface area contributed by atoms with Gasteiger partial charge in [-0.3, -0.25) is 13.8 Å². The summed E-state index contributed by atoms with van der Waals surface area (Å²) in [4.78, 5) is 23.4. The number of aliphatic hydroxyl groups excluding tert-OH is 1. The number of unbranched alkanes of at least 4 members (excludes halogenated alkanes) is 38. The molecule has 0 fully saturated rings. The lowest BCUT2D eigenvalue weighted by atomic mass is 10.0. The first-order valence-electron chi connectivity index (χ1n) is 29.7.